The monoisotopic (exact) mass is 360 g/mol. The van der Waals surface area contributed by atoms with Gasteiger partial charge in [0.2, 0.25) is 0 Å². The number of fused-ring (bicyclic) bond motifs is 1. The molecule has 3 aromatic rings. The number of aryl methyl sites for hydroxylation is 1. The summed E-state index contributed by atoms with van der Waals surface area (Å²) in [6.07, 6.45) is 1.85. The third kappa shape index (κ3) is 3.42. The molecule has 0 atom stereocenters. The Hall–Kier alpha value is -2.81. The highest BCUT2D eigenvalue weighted by atomic mass is 16.2. The molecular weight excluding hydrogens is 332 g/mol. The van der Waals surface area contributed by atoms with Crippen molar-refractivity contribution in [3.63, 3.8) is 0 Å². The molecule has 0 aliphatic carbocycles. The Morgan fingerprint density at radius 3 is 2.48 bits per heavy atom. The molecule has 0 spiro atoms. The minimum Gasteiger partial charge on any atom is -0.332 e. The van der Waals surface area contributed by atoms with Gasteiger partial charge < -0.3 is 9.47 Å². The van der Waals surface area contributed by atoms with Crippen molar-refractivity contribution >= 4 is 22.5 Å². The zero-order chi connectivity index (χ0) is 19.6. The van der Waals surface area contributed by atoms with Gasteiger partial charge in [-0.2, -0.15) is 0 Å². The minimum absolute atomic E-state index is 0.0327. The molecule has 1 amide bonds. The molecule has 3 nitrogen and oxygen atoms in total. The molecule has 0 N–H and O–H groups in total. The number of nitrogens with zero attached hydrogens (tertiary/aromatic N) is 2. The highest BCUT2D eigenvalue weighted by Gasteiger charge is 2.25. The lowest BCUT2D eigenvalue weighted by Crippen LogP contribution is -2.32. The van der Waals surface area contributed by atoms with Gasteiger partial charge in [0, 0.05) is 29.7 Å². The van der Waals surface area contributed by atoms with Crippen LogP contribution in [0.15, 0.2) is 61.2 Å². The largest absolute Gasteiger partial charge is 0.332 e. The molecule has 0 aliphatic heterocycles. The van der Waals surface area contributed by atoms with E-state index in [-0.39, 0.29) is 5.91 Å². The topological polar surface area (TPSA) is 25.2 Å². The number of allylic oxidation sites excluding steroid dienone is 1. The number of carbonyl (C=O) groups excluding carboxylic acids is 1. The molecule has 0 aliphatic rings. The number of hydrogen-bond acceptors (Lipinski definition) is 1. The van der Waals surface area contributed by atoms with Crippen molar-refractivity contribution in [2.75, 3.05) is 11.4 Å². The van der Waals surface area contributed by atoms with Crippen LogP contribution in [0.1, 0.15) is 48.3 Å². The molecule has 0 bridgehead atoms. The maximum atomic E-state index is 13.6. The first kappa shape index (κ1) is 19.0. The summed E-state index contributed by atoms with van der Waals surface area (Å²) in [5, 5.41) is 1.15. The standard InChI is InChI=1S/C24H28N2O/c1-6-15-26-22-14-13-19(17(3)4)16-21(22)18(5)23(26)24(27)25(7-2)20-11-9-8-10-12-20/h6,8-14,16-17H,1,7,15H2,2-5H3. The van der Waals surface area contributed by atoms with E-state index in [2.05, 4.69) is 50.1 Å². The fraction of sp³-hybridized carbons (Fsp3) is 0.292. The van der Waals surface area contributed by atoms with Gasteiger partial charge in [-0.15, -0.1) is 6.58 Å². The van der Waals surface area contributed by atoms with E-state index in [0.717, 1.165) is 27.8 Å². The number of amides is 1. The van der Waals surface area contributed by atoms with Crippen LogP contribution in [0.25, 0.3) is 10.9 Å². The maximum Gasteiger partial charge on any atom is 0.275 e. The molecule has 1 aromatic heterocycles. The normalized spacial score (nSPS) is 11.1. The van der Waals surface area contributed by atoms with Crippen LogP contribution in [0.4, 0.5) is 5.69 Å². The quantitative estimate of drug-likeness (QED) is 0.500. The second-order valence-corrected chi connectivity index (χ2v) is 7.19. The highest BCUT2D eigenvalue weighted by molar-refractivity contribution is 6.09. The lowest BCUT2D eigenvalue weighted by molar-refractivity contribution is 0.0979. The van der Waals surface area contributed by atoms with Crippen molar-refractivity contribution in [3.05, 3.63) is 78.0 Å². The summed E-state index contributed by atoms with van der Waals surface area (Å²) in [4.78, 5) is 15.4. The lowest BCUT2D eigenvalue weighted by atomic mass is 10.0. The van der Waals surface area contributed by atoms with Gasteiger partial charge in [0.25, 0.3) is 5.91 Å². The number of para-hydroxylation sites is 1. The van der Waals surface area contributed by atoms with Gasteiger partial charge in [0.1, 0.15) is 5.69 Å². The Morgan fingerprint density at radius 1 is 1.19 bits per heavy atom. The Bertz CT molecular complexity index is 967. The van der Waals surface area contributed by atoms with E-state index in [0.29, 0.717) is 19.0 Å². The smallest absolute Gasteiger partial charge is 0.275 e. The number of benzene rings is 2. The Balaban J connectivity index is 2.19. The SMILES string of the molecule is C=CCn1c(C(=O)N(CC)c2ccccc2)c(C)c2cc(C(C)C)ccc21. The molecule has 0 saturated carbocycles. The van der Waals surface area contributed by atoms with Crippen molar-refractivity contribution in [1.29, 1.82) is 0 Å². The van der Waals surface area contributed by atoms with Crippen LogP contribution in [-0.2, 0) is 6.54 Å². The second-order valence-electron chi connectivity index (χ2n) is 7.19. The van der Waals surface area contributed by atoms with Gasteiger partial charge in [-0.1, -0.05) is 44.2 Å². The summed E-state index contributed by atoms with van der Waals surface area (Å²) in [5.74, 6) is 0.484. The van der Waals surface area contributed by atoms with Gasteiger partial charge in [-0.25, -0.2) is 0 Å². The van der Waals surface area contributed by atoms with Crippen molar-refractivity contribution in [3.8, 4) is 0 Å². The highest BCUT2D eigenvalue weighted by Crippen LogP contribution is 2.31. The fourth-order valence-electron chi connectivity index (χ4n) is 3.67. The minimum atomic E-state index is 0.0327. The summed E-state index contributed by atoms with van der Waals surface area (Å²) >= 11 is 0. The van der Waals surface area contributed by atoms with Crippen molar-refractivity contribution in [2.45, 2.75) is 40.2 Å². The van der Waals surface area contributed by atoms with Gasteiger partial charge in [-0.3, -0.25) is 4.79 Å². The van der Waals surface area contributed by atoms with Gasteiger partial charge in [-0.05, 0) is 55.2 Å². The van der Waals surface area contributed by atoms with Crippen LogP contribution in [-0.4, -0.2) is 17.0 Å². The molecule has 27 heavy (non-hydrogen) atoms. The third-order valence-electron chi connectivity index (χ3n) is 5.15. The fourth-order valence-corrected chi connectivity index (χ4v) is 3.67. The lowest BCUT2D eigenvalue weighted by Gasteiger charge is -2.22. The molecular formula is C24H28N2O. The molecule has 0 radical (unpaired) electrons. The maximum absolute atomic E-state index is 13.6. The predicted molar refractivity (Wildman–Crippen MR) is 115 cm³/mol. The number of anilines is 1. The number of rotatable bonds is 6. The average Bonchev–Trinajstić information content (AvgIpc) is 2.95. The van der Waals surface area contributed by atoms with Crippen LogP contribution >= 0.6 is 0 Å². The summed E-state index contributed by atoms with van der Waals surface area (Å²) < 4.78 is 2.09. The Kier molecular flexibility index (Phi) is 5.50. The molecule has 140 valence electrons. The first-order chi connectivity index (χ1) is 13.0. The third-order valence-corrected chi connectivity index (χ3v) is 5.15. The van der Waals surface area contributed by atoms with Crippen LogP contribution in [0.3, 0.4) is 0 Å². The first-order valence-corrected chi connectivity index (χ1v) is 9.60. The zero-order valence-electron chi connectivity index (χ0n) is 16.7. The average molecular weight is 361 g/mol. The van der Waals surface area contributed by atoms with E-state index in [1.54, 1.807) is 0 Å². The van der Waals surface area contributed by atoms with E-state index in [4.69, 9.17) is 0 Å². The molecule has 1 heterocycles. The van der Waals surface area contributed by atoms with E-state index >= 15 is 0 Å². The summed E-state index contributed by atoms with van der Waals surface area (Å²) in [6, 6.07) is 16.4. The summed E-state index contributed by atoms with van der Waals surface area (Å²) in [5.41, 5.74) is 5.08. The summed E-state index contributed by atoms with van der Waals surface area (Å²) in [6.45, 7) is 13.6. The van der Waals surface area contributed by atoms with E-state index in [1.807, 2.05) is 48.2 Å². The second kappa shape index (κ2) is 7.83. The summed E-state index contributed by atoms with van der Waals surface area (Å²) in [7, 11) is 0. The van der Waals surface area contributed by atoms with Crippen molar-refractivity contribution in [1.82, 2.24) is 4.57 Å². The number of carbonyl (C=O) groups is 1. The van der Waals surface area contributed by atoms with Crippen LogP contribution in [0.5, 0.6) is 0 Å². The van der Waals surface area contributed by atoms with Crippen LogP contribution < -0.4 is 4.90 Å². The molecule has 3 rings (SSSR count). The number of hydrogen-bond donors (Lipinski definition) is 0. The number of aromatic nitrogens is 1. The first-order valence-electron chi connectivity index (χ1n) is 9.60. The van der Waals surface area contributed by atoms with E-state index < -0.39 is 0 Å². The molecule has 0 unspecified atom stereocenters. The predicted octanol–water partition coefficient (Wildman–Crippen LogP) is 5.93. The molecule has 0 fully saturated rings. The molecule has 3 heteroatoms. The van der Waals surface area contributed by atoms with Crippen LogP contribution in [0.2, 0.25) is 0 Å². The Morgan fingerprint density at radius 2 is 1.89 bits per heavy atom. The van der Waals surface area contributed by atoms with Crippen molar-refractivity contribution < 1.29 is 4.79 Å². The van der Waals surface area contributed by atoms with Gasteiger partial charge in [0.05, 0.1) is 0 Å². The van der Waals surface area contributed by atoms with Gasteiger partial charge in [0.15, 0.2) is 0 Å². The van der Waals surface area contributed by atoms with Crippen molar-refractivity contribution in [2.24, 2.45) is 0 Å². The molecule has 2 aromatic carbocycles. The van der Waals surface area contributed by atoms with E-state index in [9.17, 15) is 4.79 Å². The zero-order valence-corrected chi connectivity index (χ0v) is 16.7. The van der Waals surface area contributed by atoms with Crippen LogP contribution in [0, 0.1) is 6.92 Å². The Labute approximate surface area is 161 Å². The molecule has 0 saturated heterocycles. The van der Waals surface area contributed by atoms with E-state index in [1.165, 1.54) is 5.56 Å². The van der Waals surface area contributed by atoms with Gasteiger partial charge >= 0.3 is 0 Å².